The molecule has 1 aromatic rings. The normalized spacial score (nSPS) is 18.8. The van der Waals surface area contributed by atoms with Gasteiger partial charge in [-0.25, -0.2) is 13.2 Å². The molecule has 29 heavy (non-hydrogen) atoms. The van der Waals surface area contributed by atoms with Gasteiger partial charge in [-0.15, -0.1) is 0 Å². The molecule has 1 aliphatic rings. The van der Waals surface area contributed by atoms with Crippen LogP contribution in [0.5, 0.6) is 0 Å². The van der Waals surface area contributed by atoms with Crippen LogP contribution in [0.3, 0.4) is 0 Å². The first-order valence-electron chi connectivity index (χ1n) is 7.96. The summed E-state index contributed by atoms with van der Waals surface area (Å²) >= 11 is 0. The number of amides is 1. The number of benzene rings is 1. The number of alkyl halides is 3. The second-order valence-corrected chi connectivity index (χ2v) is 7.95. The van der Waals surface area contributed by atoms with E-state index in [2.05, 4.69) is 4.74 Å². The fourth-order valence-electron chi connectivity index (χ4n) is 2.54. The van der Waals surface area contributed by atoms with Gasteiger partial charge in [-0.2, -0.15) is 13.2 Å². The lowest BCUT2D eigenvalue weighted by Gasteiger charge is -2.14. The van der Waals surface area contributed by atoms with Crippen LogP contribution in [0.25, 0.3) is 0 Å². The summed E-state index contributed by atoms with van der Waals surface area (Å²) < 4.78 is 62.1. The molecule has 13 heteroatoms. The van der Waals surface area contributed by atoms with E-state index >= 15 is 0 Å². The van der Waals surface area contributed by atoms with E-state index in [1.807, 2.05) is 4.72 Å². The third kappa shape index (κ3) is 6.71. The zero-order valence-electron chi connectivity index (χ0n) is 15.3. The number of carbonyl (C=O) groups is 3. The van der Waals surface area contributed by atoms with Crippen LogP contribution in [0, 0.1) is 6.92 Å². The average molecular weight is 440 g/mol. The van der Waals surface area contributed by atoms with Crippen molar-refractivity contribution in [2.45, 2.75) is 37.2 Å². The molecule has 1 saturated heterocycles. The minimum atomic E-state index is -5.08. The highest BCUT2D eigenvalue weighted by Gasteiger charge is 2.39. The van der Waals surface area contributed by atoms with E-state index in [0.717, 1.165) is 11.1 Å². The van der Waals surface area contributed by atoms with Crippen molar-refractivity contribution in [3.05, 3.63) is 34.9 Å². The summed E-state index contributed by atoms with van der Waals surface area (Å²) in [6.07, 6.45) is -4.87. The van der Waals surface area contributed by atoms with Crippen molar-refractivity contribution < 1.29 is 45.8 Å². The Bertz CT molecular complexity index is 900. The Kier molecular flexibility index (Phi) is 7.75. The molecule has 0 bridgehead atoms. The first-order chi connectivity index (χ1) is 13.2. The topological polar surface area (TPSA) is 153 Å². The summed E-state index contributed by atoms with van der Waals surface area (Å²) in [5.41, 5.74) is 7.82. The van der Waals surface area contributed by atoms with Gasteiger partial charge in [-0.1, -0.05) is 18.2 Å². The predicted octanol–water partition coefficient (Wildman–Crippen LogP) is 0.562. The minimum Gasteiger partial charge on any atom is -0.475 e. The molecule has 2 atom stereocenters. The summed E-state index contributed by atoms with van der Waals surface area (Å²) in [5.74, 6) is -3.76. The maximum Gasteiger partial charge on any atom is 0.490 e. The van der Waals surface area contributed by atoms with E-state index in [1.165, 1.54) is 7.11 Å². The van der Waals surface area contributed by atoms with E-state index in [9.17, 15) is 31.2 Å². The summed E-state index contributed by atoms with van der Waals surface area (Å²) in [4.78, 5) is 31.5. The van der Waals surface area contributed by atoms with Gasteiger partial charge in [0.1, 0.15) is 11.3 Å². The molecule has 1 heterocycles. The fraction of sp³-hybridized carbons (Fsp3) is 0.438. The monoisotopic (exact) mass is 440 g/mol. The molecule has 1 aliphatic heterocycles. The smallest absolute Gasteiger partial charge is 0.475 e. The van der Waals surface area contributed by atoms with E-state index < -0.39 is 45.3 Å². The molecule has 1 fully saturated rings. The van der Waals surface area contributed by atoms with Crippen LogP contribution < -0.4 is 10.5 Å². The van der Waals surface area contributed by atoms with Crippen LogP contribution >= 0.6 is 0 Å². The average Bonchev–Trinajstić information content (AvgIpc) is 2.86. The molecule has 2 rings (SSSR count). The largest absolute Gasteiger partial charge is 0.490 e. The number of carboxylic acid groups (broad SMARTS) is 1. The number of nitrogens with two attached hydrogens (primary N) is 1. The van der Waals surface area contributed by atoms with Crippen LogP contribution in [0.4, 0.5) is 13.2 Å². The van der Waals surface area contributed by atoms with Crippen molar-refractivity contribution in [2.24, 2.45) is 5.73 Å². The van der Waals surface area contributed by atoms with Crippen molar-refractivity contribution in [3.63, 3.8) is 0 Å². The standard InChI is InChI=1S/C14H18N2O5S.C2HF3O2/c1-8-5-9(6-11(15)14(18)21-2)3-4-10(8)12-7-13(17)16-22(12,19)20;3-2(4,5)1(6)7/h3-5,11-12H,6-7,15H2,1-2H3,(H,16,17);(H,6,7)/t11-,12?;/m0./s1. The molecule has 1 unspecified atom stereocenters. The molecule has 0 saturated carbocycles. The number of carboxylic acids is 1. The molecule has 0 aromatic heterocycles. The second kappa shape index (κ2) is 9.22. The van der Waals surface area contributed by atoms with E-state index in [1.54, 1.807) is 25.1 Å². The first kappa shape index (κ1) is 24.4. The third-order valence-corrected chi connectivity index (χ3v) is 5.57. The van der Waals surface area contributed by atoms with Gasteiger partial charge in [-0.3, -0.25) is 14.3 Å². The number of methoxy groups -OCH3 is 1. The summed E-state index contributed by atoms with van der Waals surface area (Å²) in [6, 6.07) is 4.38. The number of ether oxygens (including phenoxy) is 1. The number of sulfonamides is 1. The molecule has 162 valence electrons. The van der Waals surface area contributed by atoms with Gasteiger partial charge in [0.15, 0.2) is 0 Å². The lowest BCUT2D eigenvalue weighted by Crippen LogP contribution is -2.33. The highest BCUT2D eigenvalue weighted by molar-refractivity contribution is 7.90. The molecule has 4 N–H and O–H groups in total. The Morgan fingerprint density at radius 1 is 1.38 bits per heavy atom. The predicted molar refractivity (Wildman–Crippen MR) is 93.0 cm³/mol. The third-order valence-electron chi connectivity index (χ3n) is 3.88. The number of aliphatic carboxylic acids is 1. The Hall–Kier alpha value is -2.67. The van der Waals surface area contributed by atoms with Gasteiger partial charge in [0.05, 0.1) is 13.5 Å². The number of rotatable bonds is 4. The van der Waals surface area contributed by atoms with Gasteiger partial charge in [0, 0.05) is 0 Å². The SMILES string of the molecule is COC(=O)[C@@H](N)Cc1ccc(C2CC(=O)NS2(=O)=O)c(C)c1.O=C(O)C(F)(F)F. The zero-order chi connectivity index (χ0) is 22.6. The van der Waals surface area contributed by atoms with Gasteiger partial charge in [0.2, 0.25) is 15.9 Å². The molecule has 1 amide bonds. The Morgan fingerprint density at radius 2 is 1.93 bits per heavy atom. The highest BCUT2D eigenvalue weighted by atomic mass is 32.2. The van der Waals surface area contributed by atoms with Gasteiger partial charge in [0.25, 0.3) is 0 Å². The molecular weight excluding hydrogens is 421 g/mol. The van der Waals surface area contributed by atoms with Crippen LogP contribution in [0.2, 0.25) is 0 Å². The van der Waals surface area contributed by atoms with Crippen molar-refractivity contribution in [1.82, 2.24) is 4.72 Å². The second-order valence-electron chi connectivity index (χ2n) is 6.09. The van der Waals surface area contributed by atoms with Crippen molar-refractivity contribution in [3.8, 4) is 0 Å². The van der Waals surface area contributed by atoms with E-state index in [4.69, 9.17) is 15.6 Å². The van der Waals surface area contributed by atoms with Crippen molar-refractivity contribution in [1.29, 1.82) is 0 Å². The summed E-state index contributed by atoms with van der Waals surface area (Å²) in [5, 5.41) is 6.25. The number of nitrogens with one attached hydrogen (secondary N) is 1. The minimum absolute atomic E-state index is 0.0792. The van der Waals surface area contributed by atoms with Crippen LogP contribution in [0.1, 0.15) is 28.4 Å². The van der Waals surface area contributed by atoms with Gasteiger partial charge >= 0.3 is 18.1 Å². The summed E-state index contributed by atoms with van der Waals surface area (Å²) in [7, 11) is -2.39. The lowest BCUT2D eigenvalue weighted by molar-refractivity contribution is -0.192. The zero-order valence-corrected chi connectivity index (χ0v) is 16.1. The number of halogens is 3. The number of aryl methyl sites for hydroxylation is 1. The maximum atomic E-state index is 11.9. The quantitative estimate of drug-likeness (QED) is 0.574. The molecule has 9 nitrogen and oxygen atoms in total. The fourth-order valence-corrected chi connectivity index (χ4v) is 4.05. The van der Waals surface area contributed by atoms with E-state index in [0.29, 0.717) is 12.0 Å². The Morgan fingerprint density at radius 3 is 2.31 bits per heavy atom. The van der Waals surface area contributed by atoms with Crippen LogP contribution in [-0.2, 0) is 35.6 Å². The number of hydrogen-bond acceptors (Lipinski definition) is 7. The molecule has 1 aromatic carbocycles. The maximum absolute atomic E-state index is 11.9. The van der Waals surface area contributed by atoms with E-state index in [-0.39, 0.29) is 6.42 Å². The van der Waals surface area contributed by atoms with Crippen molar-refractivity contribution in [2.75, 3.05) is 7.11 Å². The highest BCUT2D eigenvalue weighted by Crippen LogP contribution is 2.32. The number of carbonyl (C=O) groups excluding carboxylic acids is 2. The van der Waals surface area contributed by atoms with Crippen LogP contribution in [-0.4, -0.2) is 50.7 Å². The van der Waals surface area contributed by atoms with Gasteiger partial charge < -0.3 is 15.6 Å². The van der Waals surface area contributed by atoms with Crippen molar-refractivity contribution >= 4 is 27.9 Å². The molecule has 0 spiro atoms. The first-order valence-corrected chi connectivity index (χ1v) is 9.51. The Labute approximate surface area is 164 Å². The number of esters is 1. The molecule has 0 aliphatic carbocycles. The molecule has 0 radical (unpaired) electrons. The summed E-state index contributed by atoms with van der Waals surface area (Å²) in [6.45, 7) is 1.76. The van der Waals surface area contributed by atoms with Crippen LogP contribution in [0.15, 0.2) is 18.2 Å². The lowest BCUT2D eigenvalue weighted by atomic mass is 9.97. The van der Waals surface area contributed by atoms with Gasteiger partial charge in [-0.05, 0) is 30.0 Å². The molecular formula is C16H19F3N2O7S. The Balaban J connectivity index is 0.000000516. The number of hydrogen-bond donors (Lipinski definition) is 3.